The number of piperidine rings is 1. The lowest BCUT2D eigenvalue weighted by Crippen LogP contribution is -2.35. The second-order valence-corrected chi connectivity index (χ2v) is 9.75. The molecule has 30 heavy (non-hydrogen) atoms. The summed E-state index contributed by atoms with van der Waals surface area (Å²) in [6, 6.07) is 4.59. The summed E-state index contributed by atoms with van der Waals surface area (Å²) in [7, 11) is -3.61. The molecule has 0 bridgehead atoms. The monoisotopic (exact) mass is 454 g/mol. The number of carbonyl (C=O) groups is 1. The number of hydrogen-bond donors (Lipinski definition) is 1. The third-order valence-corrected chi connectivity index (χ3v) is 7.33. The summed E-state index contributed by atoms with van der Waals surface area (Å²) < 4.78 is 37.9. The summed E-state index contributed by atoms with van der Waals surface area (Å²) in [5.74, 6) is 1.75. The number of hydrogen-bond acceptors (Lipinski definition) is 8. The summed E-state index contributed by atoms with van der Waals surface area (Å²) in [5, 5.41) is 6.56. The third kappa shape index (κ3) is 5.73. The number of nitrogens with zero attached hydrogens (tertiary/aromatic N) is 3. The van der Waals surface area contributed by atoms with Crippen LogP contribution in [0.15, 0.2) is 27.6 Å². The van der Waals surface area contributed by atoms with E-state index in [2.05, 4.69) is 15.5 Å². The molecule has 1 amide bonds. The average molecular weight is 455 g/mol. The van der Waals surface area contributed by atoms with Gasteiger partial charge in [-0.1, -0.05) is 11.6 Å². The normalized spacial score (nSPS) is 15.1. The van der Waals surface area contributed by atoms with Crippen molar-refractivity contribution in [2.24, 2.45) is 0 Å². The van der Waals surface area contributed by atoms with E-state index in [4.69, 9.17) is 9.26 Å². The van der Waals surface area contributed by atoms with Crippen LogP contribution < -0.4 is 10.1 Å². The number of amides is 1. The van der Waals surface area contributed by atoms with Gasteiger partial charge >= 0.3 is 0 Å². The molecule has 0 unspecified atom stereocenters. The maximum absolute atomic E-state index is 13.0. The van der Waals surface area contributed by atoms with Gasteiger partial charge in [0.15, 0.2) is 5.82 Å². The molecule has 164 valence electrons. The van der Waals surface area contributed by atoms with Gasteiger partial charge in [0.1, 0.15) is 5.75 Å². The van der Waals surface area contributed by atoms with Gasteiger partial charge < -0.3 is 14.6 Å². The fourth-order valence-corrected chi connectivity index (χ4v) is 5.33. The van der Waals surface area contributed by atoms with Crippen molar-refractivity contribution in [1.82, 2.24) is 14.4 Å². The lowest BCUT2D eigenvalue weighted by molar-refractivity contribution is -0.113. The molecule has 1 aliphatic heterocycles. The minimum Gasteiger partial charge on any atom is -0.492 e. The molecule has 2 heterocycles. The lowest BCUT2D eigenvalue weighted by atomic mass is 10.2. The molecular weight excluding hydrogens is 428 g/mol. The topological polar surface area (TPSA) is 115 Å². The fraction of sp³-hybridized carbons (Fsp3) is 0.526. The Morgan fingerprint density at radius 1 is 1.30 bits per heavy atom. The van der Waals surface area contributed by atoms with E-state index < -0.39 is 10.0 Å². The predicted octanol–water partition coefficient (Wildman–Crippen LogP) is 2.82. The van der Waals surface area contributed by atoms with E-state index in [1.54, 1.807) is 13.0 Å². The van der Waals surface area contributed by atoms with Crippen molar-refractivity contribution in [3.05, 3.63) is 29.9 Å². The van der Waals surface area contributed by atoms with Crippen LogP contribution in [0.1, 0.15) is 37.9 Å². The first kappa shape index (κ1) is 22.6. The Morgan fingerprint density at radius 2 is 2.07 bits per heavy atom. The molecule has 1 saturated heterocycles. The number of benzene rings is 1. The van der Waals surface area contributed by atoms with Gasteiger partial charge in [-0.05, 0) is 38.0 Å². The van der Waals surface area contributed by atoms with Crippen molar-refractivity contribution in [2.75, 3.05) is 30.8 Å². The first-order valence-electron chi connectivity index (χ1n) is 9.84. The second kappa shape index (κ2) is 10.3. The maximum atomic E-state index is 13.0. The van der Waals surface area contributed by atoms with E-state index >= 15 is 0 Å². The van der Waals surface area contributed by atoms with E-state index in [1.807, 2.05) is 6.92 Å². The first-order chi connectivity index (χ1) is 14.4. The summed E-state index contributed by atoms with van der Waals surface area (Å²) in [5.41, 5.74) is 0.343. The van der Waals surface area contributed by atoms with Gasteiger partial charge in [-0.25, -0.2) is 8.42 Å². The Labute approximate surface area is 180 Å². The summed E-state index contributed by atoms with van der Waals surface area (Å²) in [4.78, 5) is 16.7. The molecule has 0 radical (unpaired) electrons. The van der Waals surface area contributed by atoms with Crippen LogP contribution in [0.5, 0.6) is 5.75 Å². The molecule has 1 N–H and O–H groups in total. The molecule has 0 atom stereocenters. The zero-order valence-corrected chi connectivity index (χ0v) is 18.7. The van der Waals surface area contributed by atoms with Crippen molar-refractivity contribution >= 4 is 33.4 Å². The van der Waals surface area contributed by atoms with Crippen molar-refractivity contribution in [3.8, 4) is 5.75 Å². The summed E-state index contributed by atoms with van der Waals surface area (Å²) in [6.45, 7) is 4.96. The standard InChI is InChI=1S/C19H26N4O5S2/c1-3-27-17-8-7-15(30(25,26)23-9-5-4-6-10-23)11-16(17)21-19(24)13-29-12-18-20-14(2)28-22-18/h7-8,11H,3-6,9-10,12-13H2,1-2H3,(H,21,24). The molecule has 0 saturated carbocycles. The number of thioether (sulfide) groups is 1. The lowest BCUT2D eigenvalue weighted by Gasteiger charge is -2.26. The SMILES string of the molecule is CCOc1ccc(S(=O)(=O)N2CCCCC2)cc1NC(=O)CSCc1noc(C)n1. The highest BCUT2D eigenvalue weighted by molar-refractivity contribution is 7.99. The van der Waals surface area contributed by atoms with Gasteiger partial charge in [0.2, 0.25) is 21.8 Å². The Balaban J connectivity index is 1.69. The smallest absolute Gasteiger partial charge is 0.243 e. The van der Waals surface area contributed by atoms with Crippen molar-refractivity contribution < 1.29 is 22.5 Å². The maximum Gasteiger partial charge on any atom is 0.243 e. The highest BCUT2D eigenvalue weighted by Crippen LogP contribution is 2.30. The zero-order valence-electron chi connectivity index (χ0n) is 17.1. The molecular formula is C19H26N4O5S2. The molecule has 0 spiro atoms. The van der Waals surface area contributed by atoms with Crippen molar-refractivity contribution in [3.63, 3.8) is 0 Å². The van der Waals surface area contributed by atoms with Crippen LogP contribution in [0.25, 0.3) is 0 Å². The quantitative estimate of drug-likeness (QED) is 0.615. The van der Waals surface area contributed by atoms with Crippen LogP contribution in [0.4, 0.5) is 5.69 Å². The first-order valence-corrected chi connectivity index (χ1v) is 12.4. The molecule has 9 nitrogen and oxygen atoms in total. The van der Waals surface area contributed by atoms with Gasteiger partial charge in [0, 0.05) is 20.0 Å². The second-order valence-electron chi connectivity index (χ2n) is 6.83. The molecule has 2 aromatic rings. The molecule has 3 rings (SSSR count). The van der Waals surface area contributed by atoms with Gasteiger partial charge in [-0.3, -0.25) is 4.79 Å². The van der Waals surface area contributed by atoms with Crippen LogP contribution in [0, 0.1) is 6.92 Å². The molecule has 1 aliphatic rings. The van der Waals surface area contributed by atoms with Crippen LogP contribution in [0.2, 0.25) is 0 Å². The summed E-state index contributed by atoms with van der Waals surface area (Å²) >= 11 is 1.33. The minimum absolute atomic E-state index is 0.151. The van der Waals surface area contributed by atoms with Gasteiger partial charge in [-0.2, -0.15) is 9.29 Å². The highest BCUT2D eigenvalue weighted by atomic mass is 32.2. The number of sulfonamides is 1. The van der Waals surface area contributed by atoms with Crippen molar-refractivity contribution in [1.29, 1.82) is 0 Å². The van der Waals surface area contributed by atoms with Gasteiger partial charge in [0.25, 0.3) is 0 Å². The predicted molar refractivity (Wildman–Crippen MR) is 114 cm³/mol. The third-order valence-electron chi connectivity index (χ3n) is 4.51. The number of rotatable bonds is 9. The highest BCUT2D eigenvalue weighted by Gasteiger charge is 2.27. The molecule has 1 aromatic heterocycles. The van der Waals surface area contributed by atoms with Crippen LogP contribution in [-0.4, -0.2) is 54.2 Å². The largest absolute Gasteiger partial charge is 0.492 e. The van der Waals surface area contributed by atoms with E-state index in [9.17, 15) is 13.2 Å². The number of anilines is 1. The zero-order chi connectivity index (χ0) is 21.6. The number of aromatic nitrogens is 2. The Kier molecular flexibility index (Phi) is 7.73. The fourth-order valence-electron chi connectivity index (χ4n) is 3.12. The van der Waals surface area contributed by atoms with E-state index in [-0.39, 0.29) is 16.6 Å². The van der Waals surface area contributed by atoms with Crippen LogP contribution in [0.3, 0.4) is 0 Å². The average Bonchev–Trinajstić information content (AvgIpc) is 3.15. The van der Waals surface area contributed by atoms with E-state index in [0.29, 0.717) is 48.6 Å². The molecule has 1 fully saturated rings. The van der Waals surface area contributed by atoms with E-state index in [1.165, 1.54) is 28.2 Å². The number of carbonyl (C=O) groups excluding carboxylic acids is 1. The van der Waals surface area contributed by atoms with Gasteiger partial charge in [-0.15, -0.1) is 11.8 Å². The number of aryl methyl sites for hydroxylation is 1. The van der Waals surface area contributed by atoms with E-state index in [0.717, 1.165) is 19.3 Å². The molecule has 11 heteroatoms. The summed E-state index contributed by atoms with van der Waals surface area (Å²) in [6.07, 6.45) is 2.76. The van der Waals surface area contributed by atoms with Crippen LogP contribution >= 0.6 is 11.8 Å². The van der Waals surface area contributed by atoms with Crippen LogP contribution in [-0.2, 0) is 20.6 Å². The Bertz CT molecular complexity index is 971. The minimum atomic E-state index is -3.61. The Morgan fingerprint density at radius 3 is 2.73 bits per heavy atom. The molecule has 1 aromatic carbocycles. The van der Waals surface area contributed by atoms with Gasteiger partial charge in [0.05, 0.1) is 28.7 Å². The molecule has 0 aliphatic carbocycles. The Hall–Kier alpha value is -2.11. The number of ether oxygens (including phenoxy) is 1. The number of nitrogens with one attached hydrogen (secondary N) is 1. The van der Waals surface area contributed by atoms with Crippen molar-refractivity contribution in [2.45, 2.75) is 43.8 Å².